The molecule has 1 aliphatic heterocycles. The molecule has 2 aromatic carbocycles. The summed E-state index contributed by atoms with van der Waals surface area (Å²) in [4.78, 5) is 11.6. The zero-order valence-corrected chi connectivity index (χ0v) is 16.2. The predicted molar refractivity (Wildman–Crippen MR) is 103 cm³/mol. The molecule has 3 nitrogen and oxygen atoms in total. The maximum atomic E-state index is 11.6. The third-order valence-electron chi connectivity index (χ3n) is 5.02. The molecule has 1 heterocycles. The first-order chi connectivity index (χ1) is 11.9. The van der Waals surface area contributed by atoms with Crippen LogP contribution in [0.25, 0.3) is 0 Å². The summed E-state index contributed by atoms with van der Waals surface area (Å²) in [5, 5.41) is 2.38. The molecule has 0 spiro atoms. The van der Waals surface area contributed by atoms with E-state index in [1.807, 2.05) is 12.1 Å². The normalized spacial score (nSPS) is 16.9. The molecule has 0 N–H and O–H groups in total. The van der Waals surface area contributed by atoms with Crippen LogP contribution in [0.5, 0.6) is 0 Å². The molecule has 1 aliphatic rings. The summed E-state index contributed by atoms with van der Waals surface area (Å²) >= 11 is 0. The van der Waals surface area contributed by atoms with Crippen LogP contribution in [0.4, 0.5) is 0 Å². The molecule has 1 fully saturated rings. The molecule has 25 heavy (non-hydrogen) atoms. The number of carbonyl (C=O) groups is 1. The lowest BCUT2D eigenvalue weighted by molar-refractivity contribution is -0.153. The van der Waals surface area contributed by atoms with E-state index in [1.54, 1.807) is 0 Å². The summed E-state index contributed by atoms with van der Waals surface area (Å²) < 4.78 is 12.1. The fourth-order valence-corrected chi connectivity index (χ4v) is 8.22. The van der Waals surface area contributed by atoms with Gasteiger partial charge in [-0.25, -0.2) is 0 Å². The van der Waals surface area contributed by atoms with Gasteiger partial charge in [0.1, 0.15) is 6.29 Å². The maximum Gasteiger partial charge on any atom is 0.261 e. The van der Waals surface area contributed by atoms with Crippen LogP contribution in [0.15, 0.2) is 60.7 Å². The molecule has 0 unspecified atom stereocenters. The van der Waals surface area contributed by atoms with Gasteiger partial charge in [-0.3, -0.25) is 0 Å². The summed E-state index contributed by atoms with van der Waals surface area (Å²) in [7, 11) is -2.57. The van der Waals surface area contributed by atoms with Crippen LogP contribution in [0.2, 0.25) is 5.04 Å². The van der Waals surface area contributed by atoms with Gasteiger partial charge in [0.05, 0.1) is 25.2 Å². The molecule has 0 radical (unpaired) electrons. The molecule has 0 amide bonds. The van der Waals surface area contributed by atoms with E-state index >= 15 is 0 Å². The van der Waals surface area contributed by atoms with E-state index in [0.29, 0.717) is 19.8 Å². The Morgan fingerprint density at radius 1 is 1.00 bits per heavy atom. The molecule has 132 valence electrons. The van der Waals surface area contributed by atoms with Gasteiger partial charge in [-0.15, -0.1) is 0 Å². The van der Waals surface area contributed by atoms with Crippen LogP contribution in [-0.2, 0) is 14.0 Å². The van der Waals surface area contributed by atoms with E-state index in [0.717, 1.165) is 6.29 Å². The van der Waals surface area contributed by atoms with Gasteiger partial charge >= 0.3 is 0 Å². The summed E-state index contributed by atoms with van der Waals surface area (Å²) in [5.74, 6) is 0. The Hall–Kier alpha value is -1.75. The van der Waals surface area contributed by atoms with E-state index in [4.69, 9.17) is 9.16 Å². The average Bonchev–Trinajstić information content (AvgIpc) is 2.58. The average molecular weight is 355 g/mol. The lowest BCUT2D eigenvalue weighted by Gasteiger charge is -2.46. The Morgan fingerprint density at radius 2 is 1.48 bits per heavy atom. The van der Waals surface area contributed by atoms with Crippen molar-refractivity contribution in [2.24, 2.45) is 5.41 Å². The lowest BCUT2D eigenvalue weighted by atomic mass is 9.89. The van der Waals surface area contributed by atoms with Crippen molar-refractivity contribution in [1.82, 2.24) is 0 Å². The zero-order chi connectivity index (χ0) is 18.0. The van der Waals surface area contributed by atoms with Crippen molar-refractivity contribution in [1.29, 1.82) is 0 Å². The summed E-state index contributed by atoms with van der Waals surface area (Å²) in [5.41, 5.74) is -0.493. The van der Waals surface area contributed by atoms with Crippen molar-refractivity contribution in [3.63, 3.8) is 0 Å². The zero-order valence-electron chi connectivity index (χ0n) is 15.2. The maximum absolute atomic E-state index is 11.6. The molecule has 1 saturated heterocycles. The van der Waals surface area contributed by atoms with Gasteiger partial charge in [0.25, 0.3) is 8.32 Å². The SMILES string of the molecule is CC(C)(C)[Si](OCC1(C=O)COC1)(c1ccccc1)c1ccccc1. The number of carbonyl (C=O) groups excluding carboxylic acids is 1. The van der Waals surface area contributed by atoms with Gasteiger partial charge in [-0.1, -0.05) is 81.4 Å². The lowest BCUT2D eigenvalue weighted by Crippen LogP contribution is -2.68. The smallest absolute Gasteiger partial charge is 0.261 e. The predicted octanol–water partition coefficient (Wildman–Crippen LogP) is 2.78. The highest BCUT2D eigenvalue weighted by Crippen LogP contribution is 2.38. The van der Waals surface area contributed by atoms with Gasteiger partial charge in [-0.2, -0.15) is 0 Å². The number of benzene rings is 2. The fourth-order valence-electron chi connectivity index (χ4n) is 3.56. The first-order valence-electron chi connectivity index (χ1n) is 8.73. The van der Waals surface area contributed by atoms with Crippen molar-refractivity contribution in [3.8, 4) is 0 Å². The fraction of sp³-hybridized carbons (Fsp3) is 0.381. The quantitative estimate of drug-likeness (QED) is 0.591. The second-order valence-corrected chi connectivity index (χ2v) is 12.2. The van der Waals surface area contributed by atoms with Gasteiger partial charge in [0, 0.05) is 0 Å². The van der Waals surface area contributed by atoms with Gasteiger partial charge < -0.3 is 14.0 Å². The van der Waals surface area contributed by atoms with Crippen molar-refractivity contribution >= 4 is 25.0 Å². The number of aldehydes is 1. The highest BCUT2D eigenvalue weighted by atomic mass is 28.4. The summed E-state index contributed by atoms with van der Waals surface area (Å²) in [6.45, 7) is 8.03. The number of rotatable bonds is 6. The first kappa shape index (κ1) is 18.1. The molecule has 0 aromatic heterocycles. The van der Waals surface area contributed by atoms with E-state index in [1.165, 1.54) is 10.4 Å². The first-order valence-corrected chi connectivity index (χ1v) is 10.6. The van der Waals surface area contributed by atoms with Crippen molar-refractivity contribution < 1.29 is 14.0 Å². The van der Waals surface area contributed by atoms with Gasteiger partial charge in [-0.05, 0) is 15.4 Å². The van der Waals surface area contributed by atoms with Crippen molar-refractivity contribution in [2.45, 2.75) is 25.8 Å². The Kier molecular flexibility index (Phi) is 4.96. The second kappa shape index (κ2) is 6.87. The van der Waals surface area contributed by atoms with E-state index in [-0.39, 0.29) is 5.04 Å². The van der Waals surface area contributed by atoms with Crippen LogP contribution >= 0.6 is 0 Å². The standard InChI is InChI=1S/C21H26O3Si/c1-20(2,3)25(18-10-6-4-7-11-18,19-12-8-5-9-13-19)24-17-21(14-22)15-23-16-21/h4-14H,15-17H2,1-3H3. The highest BCUT2D eigenvalue weighted by Gasteiger charge is 2.52. The highest BCUT2D eigenvalue weighted by molar-refractivity contribution is 6.99. The second-order valence-electron chi connectivity index (χ2n) is 7.92. The Labute approximate surface area is 151 Å². The molecule has 0 aliphatic carbocycles. The molecular formula is C21H26O3Si. The largest absolute Gasteiger partial charge is 0.406 e. The third kappa shape index (κ3) is 3.22. The van der Waals surface area contributed by atoms with E-state index < -0.39 is 13.7 Å². The van der Waals surface area contributed by atoms with Gasteiger partial charge in [0.15, 0.2) is 0 Å². The minimum atomic E-state index is -2.57. The molecule has 3 rings (SSSR count). The monoisotopic (exact) mass is 354 g/mol. The Balaban J connectivity index is 2.10. The minimum Gasteiger partial charge on any atom is -0.406 e. The van der Waals surface area contributed by atoms with Crippen molar-refractivity contribution in [2.75, 3.05) is 19.8 Å². The van der Waals surface area contributed by atoms with E-state index in [2.05, 4.69) is 69.3 Å². The van der Waals surface area contributed by atoms with Crippen LogP contribution in [0.3, 0.4) is 0 Å². The van der Waals surface area contributed by atoms with Crippen LogP contribution in [0, 0.1) is 5.41 Å². The van der Waals surface area contributed by atoms with Crippen molar-refractivity contribution in [3.05, 3.63) is 60.7 Å². The number of hydrogen-bond donors (Lipinski definition) is 0. The Morgan fingerprint density at radius 3 is 1.80 bits per heavy atom. The number of hydrogen-bond acceptors (Lipinski definition) is 3. The molecule has 0 atom stereocenters. The molecule has 4 heteroatoms. The topological polar surface area (TPSA) is 35.5 Å². The summed E-state index contributed by atoms with van der Waals surface area (Å²) in [6, 6.07) is 21.0. The van der Waals surface area contributed by atoms with Crippen LogP contribution < -0.4 is 10.4 Å². The molecule has 2 aromatic rings. The molecule has 0 saturated carbocycles. The number of ether oxygens (including phenoxy) is 1. The van der Waals surface area contributed by atoms with Gasteiger partial charge in [0.2, 0.25) is 0 Å². The van der Waals surface area contributed by atoms with E-state index in [9.17, 15) is 4.79 Å². The van der Waals surface area contributed by atoms with Crippen LogP contribution in [0.1, 0.15) is 20.8 Å². The molecular weight excluding hydrogens is 328 g/mol. The van der Waals surface area contributed by atoms with Crippen LogP contribution in [-0.4, -0.2) is 34.4 Å². The minimum absolute atomic E-state index is 0.0790. The third-order valence-corrected chi connectivity index (χ3v) is 10.0. The Bertz CT molecular complexity index is 663. The molecule has 0 bridgehead atoms. The summed E-state index contributed by atoms with van der Waals surface area (Å²) in [6.07, 6.45) is 1.01.